The highest BCUT2D eigenvalue weighted by Crippen LogP contribution is 2.89. The molecule has 0 radical (unpaired) electrons. The molecule has 3 N–H and O–H groups in total. The Balaban J connectivity index is 0.966. The molecule has 49 heavy (non-hydrogen) atoms. The van der Waals surface area contributed by atoms with Crippen molar-refractivity contribution in [3.8, 4) is 0 Å². The van der Waals surface area contributed by atoms with Crippen molar-refractivity contribution in [2.24, 2.45) is 56.7 Å². The van der Waals surface area contributed by atoms with Gasteiger partial charge in [-0.25, -0.2) is 0 Å². The molecule has 0 bridgehead atoms. The van der Waals surface area contributed by atoms with E-state index in [-0.39, 0.29) is 52.2 Å². The van der Waals surface area contributed by atoms with Crippen LogP contribution in [0, 0.1) is 56.7 Å². The van der Waals surface area contributed by atoms with Crippen LogP contribution >= 0.6 is 0 Å². The average Bonchev–Trinajstić information content (AvgIpc) is 3.98. The van der Waals surface area contributed by atoms with Gasteiger partial charge in [0, 0.05) is 18.4 Å². The number of hydrogen-bond acceptors (Lipinski definition) is 7. The Hall–Kier alpha value is -1.26. The molecule has 6 aliphatic carbocycles. The van der Waals surface area contributed by atoms with Crippen LogP contribution in [-0.4, -0.2) is 90.0 Å². The molecule has 8 rings (SSSR count). The fourth-order valence-electron chi connectivity index (χ4n) is 14.2. The summed E-state index contributed by atoms with van der Waals surface area (Å²) in [6.07, 6.45) is 12.2. The number of carbonyl (C=O) groups excluding carboxylic acids is 1. The molecule has 2 heterocycles. The van der Waals surface area contributed by atoms with Crippen LogP contribution in [0.2, 0.25) is 0 Å². The summed E-state index contributed by atoms with van der Waals surface area (Å²) in [5.74, 6) is 1.89. The lowest BCUT2D eigenvalue weighted by Gasteiger charge is -2.64. The van der Waals surface area contributed by atoms with Crippen molar-refractivity contribution in [2.45, 2.75) is 155 Å². The van der Waals surface area contributed by atoms with Crippen molar-refractivity contribution in [3.63, 3.8) is 0 Å². The van der Waals surface area contributed by atoms with Crippen molar-refractivity contribution >= 4 is 11.9 Å². The van der Waals surface area contributed by atoms with Gasteiger partial charge in [0.15, 0.2) is 6.29 Å². The highest BCUT2D eigenvalue weighted by atomic mass is 16.7. The fourth-order valence-corrected chi connectivity index (χ4v) is 14.2. The van der Waals surface area contributed by atoms with Gasteiger partial charge in [0.05, 0.1) is 37.6 Å². The quantitative estimate of drug-likeness (QED) is 0.287. The molecule has 2 spiro atoms. The van der Waals surface area contributed by atoms with Crippen molar-refractivity contribution in [3.05, 3.63) is 0 Å². The molecule has 2 aliphatic heterocycles. The van der Waals surface area contributed by atoms with Crippen LogP contribution < -0.4 is 5.32 Å². The van der Waals surface area contributed by atoms with Gasteiger partial charge in [-0.05, 0) is 135 Å². The molecule has 2 saturated heterocycles. The summed E-state index contributed by atoms with van der Waals surface area (Å²) in [6.45, 7) is 16.3. The molecule has 8 fully saturated rings. The second kappa shape index (κ2) is 11.9. The number of nitrogens with one attached hydrogen (secondary N) is 1. The van der Waals surface area contributed by atoms with Crippen LogP contribution in [0.4, 0.5) is 0 Å². The number of carboxylic acid groups (broad SMARTS) is 1. The number of fused-ring (bicyclic) bond motifs is 4. The van der Waals surface area contributed by atoms with Gasteiger partial charge in [0.2, 0.25) is 5.91 Å². The minimum absolute atomic E-state index is 0.0112. The number of nitrogens with zero attached hydrogens (tertiary/aromatic N) is 1. The first-order valence-electron chi connectivity index (χ1n) is 20.0. The predicted molar refractivity (Wildman–Crippen MR) is 184 cm³/mol. The Labute approximate surface area is 293 Å². The number of aliphatic hydroxyl groups is 1. The Kier molecular flexibility index (Phi) is 8.44. The number of ether oxygens (including phenoxy) is 3. The highest BCUT2D eigenvalue weighted by Gasteiger charge is 2.84. The number of aliphatic carboxylic acids is 1. The van der Waals surface area contributed by atoms with Gasteiger partial charge < -0.3 is 34.6 Å². The molecular formula is C40H64N2O7. The van der Waals surface area contributed by atoms with Crippen LogP contribution in [-0.2, 0) is 23.8 Å². The first-order valence-corrected chi connectivity index (χ1v) is 20.0. The number of rotatable bonds is 9. The van der Waals surface area contributed by atoms with Gasteiger partial charge in [-0.1, -0.05) is 34.6 Å². The lowest BCUT2D eigenvalue weighted by molar-refractivity contribution is -0.248. The number of morpholine rings is 1. The first-order chi connectivity index (χ1) is 23.2. The Morgan fingerprint density at radius 2 is 1.76 bits per heavy atom. The third-order valence-electron chi connectivity index (χ3n) is 17.0. The summed E-state index contributed by atoms with van der Waals surface area (Å²) in [4.78, 5) is 26.2. The van der Waals surface area contributed by atoms with Crippen LogP contribution in [0.5, 0.6) is 0 Å². The Bertz CT molecular complexity index is 1320. The SMILES string of the molecule is C[C@@H]1CC(CCN[C@H](C)C(=O)O)OC2[C@H]1C1(C)CCC34CC35CC[C@H](OC3CN(C(=O)CC6CC6)CCO3)C(C)(C)[C@@H]5CCC4[C@]1(C)[C@H]2O. The van der Waals surface area contributed by atoms with E-state index in [0.29, 0.717) is 67.7 Å². The summed E-state index contributed by atoms with van der Waals surface area (Å²) in [5.41, 5.74) is 0.447. The van der Waals surface area contributed by atoms with E-state index in [1.165, 1.54) is 38.5 Å². The third-order valence-corrected chi connectivity index (χ3v) is 17.0. The minimum atomic E-state index is -0.832. The van der Waals surface area contributed by atoms with E-state index in [1.807, 2.05) is 4.90 Å². The van der Waals surface area contributed by atoms with Gasteiger partial charge in [-0.2, -0.15) is 0 Å². The van der Waals surface area contributed by atoms with Crippen molar-refractivity contribution in [2.75, 3.05) is 26.2 Å². The summed E-state index contributed by atoms with van der Waals surface area (Å²) < 4.78 is 19.8. The largest absolute Gasteiger partial charge is 0.480 e. The van der Waals surface area contributed by atoms with Crippen molar-refractivity contribution < 1.29 is 34.0 Å². The van der Waals surface area contributed by atoms with E-state index in [0.717, 1.165) is 32.1 Å². The maximum Gasteiger partial charge on any atom is 0.320 e. The number of carbonyl (C=O) groups is 2. The van der Waals surface area contributed by atoms with Gasteiger partial charge in [0.25, 0.3) is 0 Å². The smallest absolute Gasteiger partial charge is 0.320 e. The third kappa shape index (κ3) is 5.08. The van der Waals surface area contributed by atoms with E-state index in [2.05, 4.69) is 39.9 Å². The lowest BCUT2D eigenvalue weighted by Crippen LogP contribution is -2.60. The fraction of sp³-hybridized carbons (Fsp3) is 0.950. The van der Waals surface area contributed by atoms with Crippen LogP contribution in [0.15, 0.2) is 0 Å². The van der Waals surface area contributed by atoms with Crippen LogP contribution in [0.3, 0.4) is 0 Å². The standard InChI is InChI=1S/C40H64N2O7/c1-23-19-26(12-16-41-24(2)35(45)46)48-33-32(23)37(5)14-15-40-22-39(40)13-11-29(36(3,4)27(39)9-10-28(40)38(37,6)34(33)44)49-31-21-42(17-18-47-31)30(43)20-25-7-8-25/h23-29,31-34,41,44H,7-22H2,1-6H3,(H,45,46)/t23-,24-,26?,27+,28?,29+,31?,32+,33?,34+,37?,38-,39?,40?/m1/s1. The van der Waals surface area contributed by atoms with Crippen LogP contribution in [0.1, 0.15) is 119 Å². The molecule has 8 aliphatic rings. The van der Waals surface area contributed by atoms with E-state index in [1.54, 1.807) is 6.92 Å². The van der Waals surface area contributed by atoms with Crippen LogP contribution in [0.25, 0.3) is 0 Å². The van der Waals surface area contributed by atoms with Crippen molar-refractivity contribution in [1.29, 1.82) is 0 Å². The van der Waals surface area contributed by atoms with E-state index in [4.69, 9.17) is 14.2 Å². The van der Waals surface area contributed by atoms with Crippen molar-refractivity contribution in [1.82, 2.24) is 10.2 Å². The molecule has 0 aromatic heterocycles. The Morgan fingerprint density at radius 1 is 1.02 bits per heavy atom. The van der Waals surface area contributed by atoms with E-state index >= 15 is 0 Å². The molecule has 14 atom stereocenters. The molecule has 0 aromatic carbocycles. The predicted octanol–water partition coefficient (Wildman–Crippen LogP) is 5.62. The molecule has 1 amide bonds. The second-order valence-electron chi connectivity index (χ2n) is 19.4. The first kappa shape index (κ1) is 34.8. The summed E-state index contributed by atoms with van der Waals surface area (Å²) in [7, 11) is 0. The number of aliphatic hydroxyl groups excluding tert-OH is 1. The average molecular weight is 685 g/mol. The lowest BCUT2D eigenvalue weighted by atomic mass is 9.41. The molecule has 9 heteroatoms. The topological polar surface area (TPSA) is 118 Å². The number of carboxylic acids is 1. The zero-order valence-corrected chi connectivity index (χ0v) is 31.0. The summed E-state index contributed by atoms with van der Waals surface area (Å²) in [6, 6.07) is -0.575. The summed E-state index contributed by atoms with van der Waals surface area (Å²) in [5, 5.41) is 24.9. The van der Waals surface area contributed by atoms with Gasteiger partial charge in [-0.15, -0.1) is 0 Å². The number of amides is 1. The summed E-state index contributed by atoms with van der Waals surface area (Å²) >= 11 is 0. The zero-order chi connectivity index (χ0) is 34.7. The van der Waals surface area contributed by atoms with Gasteiger partial charge in [0.1, 0.15) is 6.04 Å². The zero-order valence-electron chi connectivity index (χ0n) is 31.0. The normalized spacial score (nSPS) is 50.3. The maximum absolute atomic E-state index is 12.9. The molecule has 0 aromatic rings. The van der Waals surface area contributed by atoms with Gasteiger partial charge in [-0.3, -0.25) is 9.59 Å². The molecule has 7 unspecified atom stereocenters. The molecule has 6 saturated carbocycles. The maximum atomic E-state index is 12.9. The second-order valence-corrected chi connectivity index (χ2v) is 19.4. The highest BCUT2D eigenvalue weighted by molar-refractivity contribution is 5.76. The minimum Gasteiger partial charge on any atom is -0.480 e. The molecular weight excluding hydrogens is 620 g/mol. The monoisotopic (exact) mass is 684 g/mol. The molecule has 276 valence electrons. The molecule has 9 nitrogen and oxygen atoms in total. The van der Waals surface area contributed by atoms with E-state index < -0.39 is 18.1 Å². The van der Waals surface area contributed by atoms with E-state index in [9.17, 15) is 19.8 Å². The van der Waals surface area contributed by atoms with Gasteiger partial charge >= 0.3 is 5.97 Å². The Morgan fingerprint density at radius 3 is 2.49 bits per heavy atom. The number of hydrogen-bond donors (Lipinski definition) is 3.